The molecule has 1 fully saturated rings. The van der Waals surface area contributed by atoms with Gasteiger partial charge in [-0.1, -0.05) is 109 Å². The lowest BCUT2D eigenvalue weighted by Gasteiger charge is -2.46. The topological polar surface area (TPSA) is 83.6 Å². The van der Waals surface area contributed by atoms with Crippen LogP contribution in [0.25, 0.3) is 0 Å². The largest absolute Gasteiger partial charge is 0.416 e. The van der Waals surface area contributed by atoms with E-state index in [1.54, 1.807) is 0 Å². The zero-order chi connectivity index (χ0) is 42.9. The van der Waals surface area contributed by atoms with Gasteiger partial charge in [0.25, 0.3) is 0 Å². The van der Waals surface area contributed by atoms with Crippen LogP contribution in [0.3, 0.4) is 0 Å². The van der Waals surface area contributed by atoms with Gasteiger partial charge in [0, 0.05) is 32.0 Å². The lowest BCUT2D eigenvalue weighted by atomic mass is 9.79. The first-order chi connectivity index (χ1) is 23.8. The van der Waals surface area contributed by atoms with Crippen molar-refractivity contribution >= 4 is 44.8 Å². The monoisotopic (exact) mass is 829 g/mol. The summed E-state index contributed by atoms with van der Waals surface area (Å²) < 4.78 is 35.5. The van der Waals surface area contributed by atoms with Crippen LogP contribution in [-0.4, -0.2) is 82.0 Å². The Morgan fingerprint density at radius 2 is 1.07 bits per heavy atom. The van der Waals surface area contributed by atoms with Gasteiger partial charge in [0.2, 0.25) is 0 Å². The second-order valence-corrected chi connectivity index (χ2v) is 41.8. The van der Waals surface area contributed by atoms with E-state index in [2.05, 4.69) is 161 Å². The van der Waals surface area contributed by atoms with Gasteiger partial charge in [-0.05, 0) is 86.4 Å². The van der Waals surface area contributed by atoms with Gasteiger partial charge in [0.1, 0.15) is 17.2 Å². The molecule has 1 aliphatic rings. The van der Waals surface area contributed by atoms with Gasteiger partial charge in [0.15, 0.2) is 33.3 Å². The number of ether oxygens (including phenoxy) is 1. The average molecular weight is 830 g/mol. The summed E-state index contributed by atoms with van der Waals surface area (Å²) in [7, 11) is -9.57. The molecule has 54 heavy (non-hydrogen) atoms. The molecule has 1 heterocycles. The highest BCUT2D eigenvalue weighted by atomic mass is 28.4. The van der Waals surface area contributed by atoms with Crippen LogP contribution < -0.4 is 0 Å². The number of carbonyl (C=O) groups is 2. The molecule has 1 unspecified atom stereocenters. The molecule has 0 amide bonds. The molecular formula is C43H88O7Si4. The maximum absolute atomic E-state index is 16.0. The molecule has 0 aromatic heterocycles. The molecule has 0 spiro atoms. The van der Waals surface area contributed by atoms with Crippen molar-refractivity contribution in [3.8, 4) is 0 Å². The lowest BCUT2D eigenvalue weighted by Crippen LogP contribution is -2.57. The van der Waals surface area contributed by atoms with Crippen LogP contribution in [0.1, 0.15) is 124 Å². The van der Waals surface area contributed by atoms with E-state index in [1.807, 2.05) is 13.8 Å². The van der Waals surface area contributed by atoms with Crippen molar-refractivity contribution in [3.63, 3.8) is 0 Å². The van der Waals surface area contributed by atoms with Crippen molar-refractivity contribution in [2.75, 3.05) is 13.2 Å². The third kappa shape index (κ3) is 12.9. The van der Waals surface area contributed by atoms with Gasteiger partial charge in [0.05, 0.1) is 30.1 Å². The molecule has 7 atom stereocenters. The SMILES string of the molecule is CC=C[C@H](C)[C@H]1OC1(C)[C@@H](O[Si](C)(C)C(C)(C)C)[C@@H](CO[Si](C)(C)C(C)(C)C)C(=O)[C@@H](CO[Si](C)(C)C(C)(C)C)[C@H](CC(=O)CC)O[Si](C)(C)C(C)(C)C. The molecule has 11 heteroatoms. The van der Waals surface area contributed by atoms with Crippen LogP contribution in [-0.2, 0) is 32.0 Å². The number of rotatable bonds is 20. The Kier molecular flexibility index (Phi) is 17.2. The highest BCUT2D eigenvalue weighted by Gasteiger charge is 2.65. The minimum atomic E-state index is -2.47. The highest BCUT2D eigenvalue weighted by molar-refractivity contribution is 6.75. The molecule has 1 aliphatic heterocycles. The molecule has 1 rings (SSSR count). The van der Waals surface area contributed by atoms with Gasteiger partial charge in [-0.25, -0.2) is 0 Å². The smallest absolute Gasteiger partial charge is 0.192 e. The number of ketones is 2. The quantitative estimate of drug-likeness (QED) is 0.0686. The third-order valence-electron chi connectivity index (χ3n) is 14.1. The van der Waals surface area contributed by atoms with Gasteiger partial charge < -0.3 is 22.4 Å². The maximum Gasteiger partial charge on any atom is 0.192 e. The van der Waals surface area contributed by atoms with E-state index in [0.717, 1.165) is 0 Å². The highest BCUT2D eigenvalue weighted by Crippen LogP contribution is 2.52. The third-order valence-corrected chi connectivity index (χ3v) is 32.1. The van der Waals surface area contributed by atoms with Crippen LogP contribution in [0.15, 0.2) is 12.2 Å². The number of allylic oxidation sites excluding steroid dienone is 1. The van der Waals surface area contributed by atoms with Crippen molar-refractivity contribution in [3.05, 3.63) is 12.2 Å². The molecule has 1 saturated heterocycles. The van der Waals surface area contributed by atoms with Gasteiger partial charge in [-0.15, -0.1) is 0 Å². The summed E-state index contributed by atoms with van der Waals surface area (Å²) in [6.45, 7) is 53.2. The number of hydrogen-bond acceptors (Lipinski definition) is 7. The summed E-state index contributed by atoms with van der Waals surface area (Å²) in [6.07, 6.45) is 3.48. The van der Waals surface area contributed by atoms with E-state index >= 15 is 4.79 Å². The Labute approximate surface area is 338 Å². The fraction of sp³-hybridized carbons (Fsp3) is 0.907. The fourth-order valence-electron chi connectivity index (χ4n) is 5.78. The predicted molar refractivity (Wildman–Crippen MR) is 240 cm³/mol. The van der Waals surface area contributed by atoms with Crippen LogP contribution in [0.5, 0.6) is 0 Å². The Bertz CT molecular complexity index is 1280. The standard InChI is InChI=1S/C43H88O7Si4/c1-25-27-31(3)37-43(16,48-37)38(50-54(23,24)42(13,14)15)34(30-47-52(19,20)40(7,8)9)36(45)33(29-46-51(17,18)39(4,5)6)35(28-32(44)26-2)49-53(21,22)41(10,11)12/h25,27,31,33-35,37-38H,26,28-30H2,1-24H3/t31-,33-,34-,35-,37+,38-,43?/m0/s1. The number of carbonyl (C=O) groups excluding carboxylic acids is 2. The van der Waals surface area contributed by atoms with Crippen LogP contribution >= 0.6 is 0 Å². The molecule has 7 nitrogen and oxygen atoms in total. The summed E-state index contributed by atoms with van der Waals surface area (Å²) in [5, 5.41) is -0.370. The van der Waals surface area contributed by atoms with E-state index in [9.17, 15) is 4.79 Å². The van der Waals surface area contributed by atoms with Crippen molar-refractivity contribution in [1.82, 2.24) is 0 Å². The molecule has 0 saturated carbocycles. The molecule has 0 aromatic rings. The summed E-state index contributed by atoms with van der Waals surface area (Å²) in [6, 6.07) is 0. The van der Waals surface area contributed by atoms with E-state index in [0.29, 0.717) is 6.42 Å². The molecule has 0 radical (unpaired) electrons. The second kappa shape index (κ2) is 17.9. The van der Waals surface area contributed by atoms with Crippen LogP contribution in [0.4, 0.5) is 0 Å². The number of epoxide rings is 1. The van der Waals surface area contributed by atoms with Crippen molar-refractivity contribution < 1.29 is 32.0 Å². The first-order valence-corrected chi connectivity index (χ1v) is 32.5. The van der Waals surface area contributed by atoms with Gasteiger partial charge in [-0.2, -0.15) is 0 Å². The van der Waals surface area contributed by atoms with Crippen molar-refractivity contribution in [1.29, 1.82) is 0 Å². The van der Waals surface area contributed by atoms with E-state index in [1.165, 1.54) is 0 Å². The van der Waals surface area contributed by atoms with Crippen LogP contribution in [0, 0.1) is 17.8 Å². The number of Topliss-reactive ketones (excluding diaryl/α,β-unsaturated/α-hetero) is 2. The summed E-state index contributed by atoms with van der Waals surface area (Å²) in [4.78, 5) is 29.5. The van der Waals surface area contributed by atoms with Gasteiger partial charge in [-0.3, -0.25) is 9.59 Å². The fourth-order valence-corrected chi connectivity index (χ4v) is 10.6. The summed E-state index contributed by atoms with van der Waals surface area (Å²) in [5.41, 5.74) is -0.717. The Balaban J connectivity index is 4.25. The van der Waals surface area contributed by atoms with Gasteiger partial charge >= 0.3 is 0 Å². The zero-order valence-electron chi connectivity index (χ0n) is 39.8. The Hall–Kier alpha value is -0.252. The normalized spacial score (nSPS) is 22.6. The van der Waals surface area contributed by atoms with E-state index in [-0.39, 0.29) is 63.4 Å². The predicted octanol–water partition coefficient (Wildman–Crippen LogP) is 12.4. The molecule has 0 aliphatic carbocycles. The average Bonchev–Trinajstić information content (AvgIpc) is 3.66. The zero-order valence-corrected chi connectivity index (χ0v) is 43.8. The Morgan fingerprint density at radius 3 is 1.44 bits per heavy atom. The minimum Gasteiger partial charge on any atom is -0.416 e. The maximum atomic E-state index is 16.0. The molecule has 0 bridgehead atoms. The minimum absolute atomic E-state index is 0.00194. The molecule has 0 N–H and O–H groups in total. The summed E-state index contributed by atoms with van der Waals surface area (Å²) in [5.74, 6) is -1.15. The number of hydrogen-bond donors (Lipinski definition) is 0. The van der Waals surface area contributed by atoms with E-state index in [4.69, 9.17) is 22.4 Å². The molecular weight excluding hydrogens is 741 g/mol. The lowest BCUT2D eigenvalue weighted by molar-refractivity contribution is -0.139. The summed E-state index contributed by atoms with van der Waals surface area (Å²) >= 11 is 0. The van der Waals surface area contributed by atoms with Crippen molar-refractivity contribution in [2.24, 2.45) is 17.8 Å². The van der Waals surface area contributed by atoms with E-state index < -0.39 is 62.9 Å². The molecule has 318 valence electrons. The van der Waals surface area contributed by atoms with Crippen molar-refractivity contribution in [2.45, 2.75) is 220 Å². The first-order valence-electron chi connectivity index (χ1n) is 20.8. The van der Waals surface area contributed by atoms with Crippen LogP contribution in [0.2, 0.25) is 72.5 Å². The first kappa shape index (κ1) is 51.8. The Morgan fingerprint density at radius 1 is 0.685 bits per heavy atom. The second-order valence-electron chi connectivity index (χ2n) is 22.7. The molecule has 0 aromatic carbocycles.